The van der Waals surface area contributed by atoms with Gasteiger partial charge in [0.25, 0.3) is 0 Å². The first-order chi connectivity index (χ1) is 16.5. The van der Waals surface area contributed by atoms with Gasteiger partial charge in [0.1, 0.15) is 0 Å². The third kappa shape index (κ3) is 4.33. The maximum absolute atomic E-state index is 13.0. The van der Waals surface area contributed by atoms with E-state index in [1.165, 1.54) is 40.0 Å². The van der Waals surface area contributed by atoms with E-state index in [0.717, 1.165) is 12.2 Å². The van der Waals surface area contributed by atoms with Crippen molar-refractivity contribution in [3.63, 3.8) is 0 Å². The van der Waals surface area contributed by atoms with Crippen molar-refractivity contribution in [1.29, 1.82) is 0 Å². The number of carbonyl (C=O) groups excluding carboxylic acids is 1. The summed E-state index contributed by atoms with van der Waals surface area (Å²) < 4.78 is 22.9. The second-order valence-electron chi connectivity index (χ2n) is 7.43. The summed E-state index contributed by atoms with van der Waals surface area (Å²) in [6.07, 6.45) is 0.107. The smallest absolute Gasteiger partial charge is 0.247 e. The van der Waals surface area contributed by atoms with E-state index in [2.05, 4.69) is 22.1 Å². The highest BCUT2D eigenvalue weighted by Crippen LogP contribution is 2.46. The van der Waals surface area contributed by atoms with Crippen molar-refractivity contribution in [2.45, 2.75) is 31.7 Å². The van der Waals surface area contributed by atoms with Gasteiger partial charge >= 0.3 is 0 Å². The number of carbonyl (C=O) groups is 1. The van der Waals surface area contributed by atoms with Gasteiger partial charge in [-0.3, -0.25) is 9.69 Å². The minimum atomic E-state index is -0.866. The van der Waals surface area contributed by atoms with Crippen LogP contribution < -0.4 is 23.8 Å². The molecule has 178 valence electrons. The SMILES string of the molecule is CCCSc1nnc2c(n1)O[C@H](c1cc(OC)c(OC)c(OC)c1)N(C(C)=O)c1ccccc1-2. The molecule has 0 fully saturated rings. The largest absolute Gasteiger partial charge is 0.493 e. The van der Waals surface area contributed by atoms with E-state index < -0.39 is 6.23 Å². The van der Waals surface area contributed by atoms with Crippen molar-refractivity contribution in [2.24, 2.45) is 0 Å². The summed E-state index contributed by atoms with van der Waals surface area (Å²) in [6, 6.07) is 11.0. The number of methoxy groups -OCH3 is 3. The molecule has 0 radical (unpaired) electrons. The van der Waals surface area contributed by atoms with Crippen LogP contribution in [0.15, 0.2) is 41.6 Å². The first-order valence-corrected chi connectivity index (χ1v) is 11.7. The number of anilines is 1. The maximum Gasteiger partial charge on any atom is 0.247 e. The third-order valence-electron chi connectivity index (χ3n) is 5.26. The Balaban J connectivity index is 1.94. The van der Waals surface area contributed by atoms with Crippen LogP contribution in [0.25, 0.3) is 11.3 Å². The highest BCUT2D eigenvalue weighted by atomic mass is 32.2. The van der Waals surface area contributed by atoms with Crippen molar-refractivity contribution in [2.75, 3.05) is 32.0 Å². The molecule has 0 bridgehead atoms. The molecule has 10 heteroatoms. The maximum atomic E-state index is 13.0. The van der Waals surface area contributed by atoms with Crippen LogP contribution in [-0.4, -0.2) is 48.2 Å². The molecule has 1 atom stereocenters. The van der Waals surface area contributed by atoms with E-state index in [9.17, 15) is 4.79 Å². The molecule has 0 saturated heterocycles. The molecule has 1 aliphatic rings. The Morgan fingerprint density at radius 1 is 1.09 bits per heavy atom. The molecule has 1 aromatic heterocycles. The summed E-state index contributed by atoms with van der Waals surface area (Å²) in [5.74, 6) is 2.27. The molecule has 1 aliphatic heterocycles. The molecular formula is C24H26N4O5S. The molecule has 2 heterocycles. The Labute approximate surface area is 202 Å². The quantitative estimate of drug-likeness (QED) is 0.451. The molecule has 0 unspecified atom stereocenters. The lowest BCUT2D eigenvalue weighted by Crippen LogP contribution is -2.36. The van der Waals surface area contributed by atoms with Crippen molar-refractivity contribution in [3.8, 4) is 34.4 Å². The normalized spacial score (nSPS) is 14.4. The Morgan fingerprint density at radius 3 is 2.41 bits per heavy atom. The summed E-state index contributed by atoms with van der Waals surface area (Å²) in [5, 5.41) is 9.21. The first-order valence-electron chi connectivity index (χ1n) is 10.8. The van der Waals surface area contributed by atoms with Crippen molar-refractivity contribution >= 4 is 23.4 Å². The average molecular weight is 483 g/mol. The van der Waals surface area contributed by atoms with Gasteiger partial charge in [0.15, 0.2) is 17.2 Å². The van der Waals surface area contributed by atoms with Crippen LogP contribution in [0.3, 0.4) is 0 Å². The van der Waals surface area contributed by atoms with Crippen LogP contribution in [0.4, 0.5) is 5.69 Å². The molecule has 34 heavy (non-hydrogen) atoms. The van der Waals surface area contributed by atoms with Crippen LogP contribution in [-0.2, 0) is 4.79 Å². The minimum Gasteiger partial charge on any atom is -0.493 e. The topological polar surface area (TPSA) is 95.9 Å². The lowest BCUT2D eigenvalue weighted by atomic mass is 10.1. The van der Waals surface area contributed by atoms with E-state index in [1.54, 1.807) is 17.0 Å². The number of thioether (sulfide) groups is 1. The number of nitrogens with zero attached hydrogens (tertiary/aromatic N) is 4. The van der Waals surface area contributed by atoms with Crippen molar-refractivity contribution in [1.82, 2.24) is 15.2 Å². The van der Waals surface area contributed by atoms with Gasteiger partial charge in [0.05, 0.1) is 27.0 Å². The van der Waals surface area contributed by atoms with Crippen molar-refractivity contribution in [3.05, 3.63) is 42.0 Å². The molecule has 9 nitrogen and oxygen atoms in total. The zero-order valence-corrected chi connectivity index (χ0v) is 20.5. The summed E-state index contributed by atoms with van der Waals surface area (Å²) in [5.41, 5.74) is 2.43. The van der Waals surface area contributed by atoms with Gasteiger partial charge in [-0.15, -0.1) is 10.2 Å². The van der Waals surface area contributed by atoms with Gasteiger partial charge in [-0.25, -0.2) is 0 Å². The predicted molar refractivity (Wildman–Crippen MR) is 129 cm³/mol. The molecule has 2 aromatic carbocycles. The van der Waals surface area contributed by atoms with Crippen molar-refractivity contribution < 1.29 is 23.7 Å². The van der Waals surface area contributed by atoms with Gasteiger partial charge in [0.2, 0.25) is 28.9 Å². The average Bonchev–Trinajstić information content (AvgIpc) is 3.00. The Morgan fingerprint density at radius 2 is 1.79 bits per heavy atom. The Hall–Kier alpha value is -3.53. The minimum absolute atomic E-state index is 0.215. The van der Waals surface area contributed by atoms with E-state index >= 15 is 0 Å². The zero-order valence-electron chi connectivity index (χ0n) is 19.7. The fourth-order valence-corrected chi connectivity index (χ4v) is 4.40. The monoisotopic (exact) mass is 482 g/mol. The number of benzene rings is 2. The molecule has 0 aliphatic carbocycles. The van der Waals surface area contributed by atoms with Gasteiger partial charge < -0.3 is 18.9 Å². The highest BCUT2D eigenvalue weighted by Gasteiger charge is 2.35. The van der Waals surface area contributed by atoms with E-state index in [4.69, 9.17) is 18.9 Å². The summed E-state index contributed by atoms with van der Waals surface area (Å²) in [7, 11) is 4.61. The van der Waals surface area contributed by atoms with Gasteiger partial charge in [-0.05, 0) is 24.6 Å². The summed E-state index contributed by atoms with van der Waals surface area (Å²) in [4.78, 5) is 19.2. The molecular weight excluding hydrogens is 456 g/mol. The van der Waals surface area contributed by atoms with Gasteiger partial charge in [-0.2, -0.15) is 4.98 Å². The standard InChI is InChI=1S/C24H26N4O5S/c1-6-11-34-24-25-22-20(26-27-24)16-9-7-8-10-17(16)28(14(2)29)23(33-22)15-12-18(30-3)21(32-5)19(13-15)31-4/h7-10,12-13,23H,6,11H2,1-5H3/t23-/m1/s1. The number of hydrogen-bond acceptors (Lipinski definition) is 9. The molecule has 1 amide bonds. The number of rotatable bonds is 7. The van der Waals surface area contributed by atoms with Crippen LogP contribution in [0.2, 0.25) is 0 Å². The van der Waals surface area contributed by atoms with Gasteiger partial charge in [-0.1, -0.05) is 36.9 Å². The van der Waals surface area contributed by atoms with Crippen LogP contribution >= 0.6 is 11.8 Å². The Bertz CT molecular complexity index is 1180. The van der Waals surface area contributed by atoms with Crippen LogP contribution in [0.5, 0.6) is 23.1 Å². The lowest BCUT2D eigenvalue weighted by Gasteiger charge is -2.30. The number of hydrogen-bond donors (Lipinski definition) is 0. The summed E-state index contributed by atoms with van der Waals surface area (Å²) >= 11 is 1.50. The second-order valence-corrected chi connectivity index (χ2v) is 8.49. The summed E-state index contributed by atoms with van der Waals surface area (Å²) in [6.45, 7) is 3.57. The fraction of sp³-hybridized carbons (Fsp3) is 0.333. The number of fused-ring (bicyclic) bond motifs is 3. The highest BCUT2D eigenvalue weighted by molar-refractivity contribution is 7.99. The lowest BCUT2D eigenvalue weighted by molar-refractivity contribution is -0.118. The number of aromatic nitrogens is 3. The van der Waals surface area contributed by atoms with Gasteiger partial charge in [0, 0.05) is 23.8 Å². The number of ether oxygens (including phenoxy) is 4. The van der Waals surface area contributed by atoms with Crippen LogP contribution in [0, 0.1) is 0 Å². The molecule has 0 saturated carbocycles. The molecule has 0 N–H and O–H groups in total. The third-order valence-corrected chi connectivity index (χ3v) is 6.30. The second kappa shape index (κ2) is 10.2. The zero-order chi connectivity index (χ0) is 24.2. The van der Waals surface area contributed by atoms with E-state index in [1.807, 2.05) is 24.3 Å². The first kappa shape index (κ1) is 23.6. The van der Waals surface area contributed by atoms with E-state index in [0.29, 0.717) is 50.8 Å². The molecule has 4 rings (SSSR count). The Kier molecular flexibility index (Phi) is 7.06. The van der Waals surface area contributed by atoms with Crippen LogP contribution in [0.1, 0.15) is 32.1 Å². The van der Waals surface area contributed by atoms with E-state index in [-0.39, 0.29) is 5.91 Å². The number of amides is 1. The fourth-order valence-electron chi connectivity index (χ4n) is 3.77. The molecule has 3 aromatic rings. The molecule has 0 spiro atoms. The number of para-hydroxylation sites is 1. The predicted octanol–water partition coefficient (Wildman–Crippen LogP) is 4.51.